The topological polar surface area (TPSA) is 44.8 Å². The molecule has 0 bridgehead atoms. The second-order valence-electron chi connectivity index (χ2n) is 4.89. The second kappa shape index (κ2) is 7.35. The number of methoxy groups -OCH3 is 1. The van der Waals surface area contributed by atoms with E-state index in [0.717, 1.165) is 0 Å². The van der Waals surface area contributed by atoms with Gasteiger partial charge in [-0.05, 0) is 48.9 Å². The Balaban J connectivity index is 2.01. The minimum atomic E-state index is -4.71. The number of carbonyl (C=O) groups excluding carboxylic acids is 1. The Hall–Kier alpha value is -2.54. The van der Waals surface area contributed by atoms with Gasteiger partial charge >= 0.3 is 12.3 Å². The highest BCUT2D eigenvalue weighted by Gasteiger charge is 2.32. The zero-order valence-electron chi connectivity index (χ0n) is 13.0. The molecule has 0 saturated carbocycles. The summed E-state index contributed by atoms with van der Waals surface area (Å²) in [7, 11) is 1.51. The molecule has 0 spiro atoms. The van der Waals surface area contributed by atoms with Crippen LogP contribution in [0.25, 0.3) is 0 Å². The van der Waals surface area contributed by atoms with Gasteiger partial charge < -0.3 is 9.47 Å². The minimum Gasteiger partial charge on any atom is -0.497 e. The maximum Gasteiger partial charge on any atom is 0.523 e. The first-order chi connectivity index (χ1) is 11.3. The van der Waals surface area contributed by atoms with Crippen LogP contribution in [0.5, 0.6) is 11.5 Å². The predicted molar refractivity (Wildman–Crippen MR) is 79.9 cm³/mol. The molecule has 7 heteroatoms. The summed E-state index contributed by atoms with van der Waals surface area (Å²) in [6, 6.07) is 12.0. The average Bonchev–Trinajstić information content (AvgIpc) is 2.54. The van der Waals surface area contributed by atoms with Crippen LogP contribution in [0.2, 0.25) is 0 Å². The van der Waals surface area contributed by atoms with Crippen molar-refractivity contribution in [1.82, 2.24) is 0 Å². The van der Waals surface area contributed by atoms with E-state index in [1.807, 2.05) is 0 Å². The molecule has 0 aliphatic rings. The monoisotopic (exact) mass is 340 g/mol. The molecule has 0 N–H and O–H groups in total. The molecule has 1 atom stereocenters. The quantitative estimate of drug-likeness (QED) is 0.593. The van der Waals surface area contributed by atoms with Gasteiger partial charge in [0.2, 0.25) is 0 Å². The number of benzene rings is 2. The van der Waals surface area contributed by atoms with Crippen LogP contribution in [0.15, 0.2) is 48.5 Å². The van der Waals surface area contributed by atoms with Crippen molar-refractivity contribution in [2.75, 3.05) is 7.11 Å². The Labute approximate surface area is 136 Å². The van der Waals surface area contributed by atoms with Crippen LogP contribution in [0, 0.1) is 0 Å². The van der Waals surface area contributed by atoms with Gasteiger partial charge in [-0.15, -0.1) is 13.2 Å². The van der Waals surface area contributed by atoms with E-state index in [1.54, 1.807) is 24.3 Å². The third kappa shape index (κ3) is 4.99. The number of halogens is 3. The van der Waals surface area contributed by atoms with Crippen LogP contribution in [0.3, 0.4) is 0 Å². The van der Waals surface area contributed by atoms with Gasteiger partial charge in [-0.1, -0.05) is 12.1 Å². The molecule has 0 heterocycles. The molecule has 0 aromatic heterocycles. The Morgan fingerprint density at radius 1 is 0.958 bits per heavy atom. The first-order valence-corrected chi connectivity index (χ1v) is 6.99. The zero-order chi connectivity index (χ0) is 17.7. The number of rotatable bonds is 5. The Bertz CT molecular complexity index is 678. The molecule has 0 saturated heterocycles. The third-order valence-electron chi connectivity index (χ3n) is 3.20. The highest BCUT2D eigenvalue weighted by Crippen LogP contribution is 2.28. The first-order valence-electron chi connectivity index (χ1n) is 6.99. The number of ether oxygens (including phenoxy) is 3. The fourth-order valence-electron chi connectivity index (χ4n) is 1.97. The van der Waals surface area contributed by atoms with E-state index in [9.17, 15) is 18.0 Å². The van der Waals surface area contributed by atoms with Gasteiger partial charge in [-0.3, -0.25) is 4.74 Å². The van der Waals surface area contributed by atoms with Crippen LogP contribution < -0.4 is 9.47 Å². The minimum absolute atomic E-state index is 0.221. The summed E-state index contributed by atoms with van der Waals surface area (Å²) >= 11 is 0. The molecular formula is C17H15F3O4. The smallest absolute Gasteiger partial charge is 0.497 e. The van der Waals surface area contributed by atoms with E-state index in [1.165, 1.54) is 38.3 Å². The van der Waals surface area contributed by atoms with Gasteiger partial charge in [-0.25, -0.2) is 4.79 Å². The van der Waals surface area contributed by atoms with Crippen molar-refractivity contribution in [2.24, 2.45) is 0 Å². The normalized spacial score (nSPS) is 12.5. The van der Waals surface area contributed by atoms with E-state index in [4.69, 9.17) is 9.47 Å². The average molecular weight is 340 g/mol. The zero-order valence-corrected chi connectivity index (χ0v) is 13.0. The summed E-state index contributed by atoms with van der Waals surface area (Å²) in [5.41, 5.74) is 0.644. The van der Waals surface area contributed by atoms with Crippen LogP contribution >= 0.6 is 0 Å². The molecule has 0 radical (unpaired) electrons. The third-order valence-corrected chi connectivity index (χ3v) is 3.20. The van der Waals surface area contributed by atoms with Gasteiger partial charge in [0, 0.05) is 0 Å². The Morgan fingerprint density at radius 3 is 2.00 bits per heavy atom. The molecule has 0 fully saturated rings. The van der Waals surface area contributed by atoms with Crippen LogP contribution in [0.1, 0.15) is 28.9 Å². The van der Waals surface area contributed by atoms with E-state index in [0.29, 0.717) is 16.9 Å². The van der Waals surface area contributed by atoms with Gasteiger partial charge in [-0.2, -0.15) is 0 Å². The van der Waals surface area contributed by atoms with Crippen molar-refractivity contribution in [3.05, 3.63) is 59.7 Å². The van der Waals surface area contributed by atoms with Crippen molar-refractivity contribution >= 4 is 5.97 Å². The SMILES string of the molecule is COc1ccc(C(=O)Oc2ccc(C(C)OC(F)(F)F)cc2)cc1. The van der Waals surface area contributed by atoms with E-state index in [2.05, 4.69) is 4.74 Å². The summed E-state index contributed by atoms with van der Waals surface area (Å²) in [4.78, 5) is 12.0. The van der Waals surface area contributed by atoms with Gasteiger partial charge in [0.05, 0.1) is 18.8 Å². The number of carbonyl (C=O) groups is 1. The van der Waals surface area contributed by atoms with Crippen molar-refractivity contribution in [2.45, 2.75) is 19.4 Å². The molecule has 0 amide bonds. The van der Waals surface area contributed by atoms with E-state index in [-0.39, 0.29) is 5.75 Å². The highest BCUT2D eigenvalue weighted by molar-refractivity contribution is 5.91. The molecular weight excluding hydrogens is 325 g/mol. The predicted octanol–water partition coefficient (Wildman–Crippen LogP) is 4.51. The first kappa shape index (κ1) is 17.8. The van der Waals surface area contributed by atoms with Crippen molar-refractivity contribution in [3.63, 3.8) is 0 Å². The largest absolute Gasteiger partial charge is 0.523 e. The fourth-order valence-corrected chi connectivity index (χ4v) is 1.97. The maximum atomic E-state index is 12.2. The molecule has 2 rings (SSSR count). The number of alkyl halides is 3. The summed E-state index contributed by atoms with van der Waals surface area (Å²) in [5, 5.41) is 0. The molecule has 0 aliphatic carbocycles. The molecule has 2 aromatic rings. The number of hydrogen-bond donors (Lipinski definition) is 0. The molecule has 128 valence electrons. The molecule has 0 aliphatic heterocycles. The number of esters is 1. The van der Waals surface area contributed by atoms with Gasteiger partial charge in [0.1, 0.15) is 11.5 Å². The molecule has 4 nitrogen and oxygen atoms in total. The van der Waals surface area contributed by atoms with Crippen molar-refractivity contribution < 1.29 is 32.2 Å². The van der Waals surface area contributed by atoms with E-state index < -0.39 is 18.4 Å². The maximum absolute atomic E-state index is 12.2. The van der Waals surface area contributed by atoms with E-state index >= 15 is 0 Å². The summed E-state index contributed by atoms with van der Waals surface area (Å²) in [5.74, 6) is 0.248. The summed E-state index contributed by atoms with van der Waals surface area (Å²) < 4.78 is 50.6. The lowest BCUT2D eigenvalue weighted by Gasteiger charge is -2.15. The lowest BCUT2D eigenvalue weighted by molar-refractivity contribution is -0.342. The fraction of sp³-hybridized carbons (Fsp3) is 0.235. The molecule has 2 aromatic carbocycles. The van der Waals surface area contributed by atoms with Crippen molar-refractivity contribution in [3.8, 4) is 11.5 Å². The number of hydrogen-bond acceptors (Lipinski definition) is 4. The van der Waals surface area contributed by atoms with Crippen LogP contribution in [0.4, 0.5) is 13.2 Å². The lowest BCUT2D eigenvalue weighted by Crippen LogP contribution is -2.16. The van der Waals surface area contributed by atoms with Crippen LogP contribution in [-0.4, -0.2) is 19.4 Å². The summed E-state index contributed by atoms with van der Waals surface area (Å²) in [6.45, 7) is 1.28. The highest BCUT2D eigenvalue weighted by atomic mass is 19.4. The lowest BCUT2D eigenvalue weighted by atomic mass is 10.1. The standard InChI is InChI=1S/C17H15F3O4/c1-11(24-17(18,19)20)12-3-9-15(10-4-12)23-16(21)13-5-7-14(22-2)8-6-13/h3-11H,1-2H3. The van der Waals surface area contributed by atoms with Gasteiger partial charge in [0.25, 0.3) is 0 Å². The van der Waals surface area contributed by atoms with Crippen LogP contribution in [-0.2, 0) is 4.74 Å². The van der Waals surface area contributed by atoms with Crippen molar-refractivity contribution in [1.29, 1.82) is 0 Å². The van der Waals surface area contributed by atoms with Gasteiger partial charge in [0.15, 0.2) is 0 Å². The molecule has 1 unspecified atom stereocenters. The Morgan fingerprint density at radius 2 is 1.50 bits per heavy atom. The second-order valence-corrected chi connectivity index (χ2v) is 4.89. The molecule has 24 heavy (non-hydrogen) atoms. The summed E-state index contributed by atoms with van der Waals surface area (Å²) in [6.07, 6.45) is -5.87. The Kier molecular flexibility index (Phi) is 5.46.